The Morgan fingerprint density at radius 1 is 1.47 bits per heavy atom. The predicted molar refractivity (Wildman–Crippen MR) is 61.4 cm³/mol. The van der Waals surface area contributed by atoms with Crippen LogP contribution in [0.1, 0.15) is 22.8 Å². The standard InChI is InChI=1S/C11H13BrO3/c1-4-15-11(13)8-5-7(2)10(12)9(6-8)14-3/h5-6H,4H2,1-3H3. The highest BCUT2D eigenvalue weighted by atomic mass is 79.9. The number of carbonyl (C=O) groups excluding carboxylic acids is 1. The van der Waals surface area contributed by atoms with Crippen molar-refractivity contribution in [3.8, 4) is 5.75 Å². The lowest BCUT2D eigenvalue weighted by atomic mass is 10.1. The molecule has 15 heavy (non-hydrogen) atoms. The zero-order valence-corrected chi connectivity index (χ0v) is 10.6. The number of aryl methyl sites for hydroxylation is 1. The Kier molecular flexibility index (Phi) is 4.15. The smallest absolute Gasteiger partial charge is 0.338 e. The van der Waals surface area contributed by atoms with Gasteiger partial charge in [-0.3, -0.25) is 0 Å². The first-order chi connectivity index (χ1) is 7.10. The van der Waals surface area contributed by atoms with Crippen LogP contribution in [-0.2, 0) is 4.74 Å². The van der Waals surface area contributed by atoms with E-state index < -0.39 is 0 Å². The number of halogens is 1. The summed E-state index contributed by atoms with van der Waals surface area (Å²) >= 11 is 3.39. The van der Waals surface area contributed by atoms with Gasteiger partial charge >= 0.3 is 5.97 Å². The predicted octanol–water partition coefficient (Wildman–Crippen LogP) is 2.94. The van der Waals surface area contributed by atoms with E-state index in [0.717, 1.165) is 10.0 Å². The van der Waals surface area contributed by atoms with Gasteiger partial charge < -0.3 is 9.47 Å². The molecular formula is C11H13BrO3. The van der Waals surface area contributed by atoms with Gasteiger partial charge in [0, 0.05) is 0 Å². The molecule has 1 aromatic carbocycles. The van der Waals surface area contributed by atoms with Crippen LogP contribution in [0, 0.1) is 6.92 Å². The molecule has 0 saturated heterocycles. The van der Waals surface area contributed by atoms with E-state index in [0.29, 0.717) is 17.9 Å². The number of methoxy groups -OCH3 is 1. The van der Waals surface area contributed by atoms with Crippen molar-refractivity contribution in [2.24, 2.45) is 0 Å². The molecular weight excluding hydrogens is 260 g/mol. The second-order valence-electron chi connectivity index (χ2n) is 3.03. The number of esters is 1. The first-order valence-electron chi connectivity index (χ1n) is 4.61. The minimum absolute atomic E-state index is 0.327. The molecule has 0 saturated carbocycles. The molecule has 0 heterocycles. The summed E-state index contributed by atoms with van der Waals surface area (Å²) in [5.74, 6) is 0.310. The molecule has 0 radical (unpaired) electrons. The van der Waals surface area contributed by atoms with Crippen LogP contribution in [0.2, 0.25) is 0 Å². The number of carbonyl (C=O) groups is 1. The average Bonchev–Trinajstić information content (AvgIpc) is 2.22. The Hall–Kier alpha value is -1.03. The van der Waals surface area contributed by atoms with E-state index in [1.807, 2.05) is 6.92 Å². The Morgan fingerprint density at radius 2 is 2.13 bits per heavy atom. The summed E-state index contributed by atoms with van der Waals surface area (Å²) < 4.78 is 10.9. The van der Waals surface area contributed by atoms with Crippen LogP contribution in [0.4, 0.5) is 0 Å². The maximum atomic E-state index is 11.5. The Balaban J connectivity index is 3.10. The fourth-order valence-electron chi connectivity index (χ4n) is 1.22. The molecule has 0 bridgehead atoms. The molecule has 0 N–H and O–H groups in total. The highest BCUT2D eigenvalue weighted by Gasteiger charge is 2.12. The second kappa shape index (κ2) is 5.16. The van der Waals surface area contributed by atoms with Crippen molar-refractivity contribution in [3.05, 3.63) is 27.7 Å². The summed E-state index contributed by atoms with van der Waals surface area (Å²) in [4.78, 5) is 11.5. The molecule has 0 spiro atoms. The zero-order chi connectivity index (χ0) is 11.4. The molecule has 3 nitrogen and oxygen atoms in total. The van der Waals surface area contributed by atoms with Crippen molar-refractivity contribution in [3.63, 3.8) is 0 Å². The summed E-state index contributed by atoms with van der Waals surface area (Å²) in [6.45, 7) is 4.05. The lowest BCUT2D eigenvalue weighted by molar-refractivity contribution is 0.0526. The summed E-state index contributed by atoms with van der Waals surface area (Å²) in [5, 5.41) is 0. The van der Waals surface area contributed by atoms with Crippen LogP contribution >= 0.6 is 15.9 Å². The van der Waals surface area contributed by atoms with Gasteiger partial charge in [0.15, 0.2) is 0 Å². The summed E-state index contributed by atoms with van der Waals surface area (Å²) in [6, 6.07) is 3.43. The first kappa shape index (κ1) is 12.0. The van der Waals surface area contributed by atoms with Gasteiger partial charge in [0.25, 0.3) is 0 Å². The third kappa shape index (κ3) is 2.72. The normalized spacial score (nSPS) is 9.87. The largest absolute Gasteiger partial charge is 0.496 e. The summed E-state index contributed by atoms with van der Waals surface area (Å²) in [6.07, 6.45) is 0. The maximum absolute atomic E-state index is 11.5. The van der Waals surface area contributed by atoms with Crippen LogP contribution in [0.15, 0.2) is 16.6 Å². The lowest BCUT2D eigenvalue weighted by Crippen LogP contribution is -2.05. The van der Waals surface area contributed by atoms with Crippen LogP contribution in [0.25, 0.3) is 0 Å². The van der Waals surface area contributed by atoms with Crippen molar-refractivity contribution in [2.45, 2.75) is 13.8 Å². The molecule has 0 amide bonds. The van der Waals surface area contributed by atoms with Crippen molar-refractivity contribution >= 4 is 21.9 Å². The van der Waals surface area contributed by atoms with E-state index >= 15 is 0 Å². The van der Waals surface area contributed by atoms with Crippen LogP contribution in [-0.4, -0.2) is 19.7 Å². The average molecular weight is 273 g/mol. The van der Waals surface area contributed by atoms with Crippen molar-refractivity contribution in [1.82, 2.24) is 0 Å². The molecule has 0 aromatic heterocycles. The first-order valence-corrected chi connectivity index (χ1v) is 5.40. The second-order valence-corrected chi connectivity index (χ2v) is 3.82. The lowest BCUT2D eigenvalue weighted by Gasteiger charge is -2.09. The van der Waals surface area contributed by atoms with Gasteiger partial charge in [0.1, 0.15) is 5.75 Å². The minimum atomic E-state index is -0.327. The molecule has 0 aliphatic carbocycles. The third-order valence-corrected chi connectivity index (χ3v) is 2.97. The molecule has 0 aliphatic heterocycles. The Bertz CT molecular complexity index is 374. The fourth-order valence-corrected chi connectivity index (χ4v) is 1.61. The molecule has 1 rings (SSSR count). The topological polar surface area (TPSA) is 35.5 Å². The molecule has 1 aromatic rings. The summed E-state index contributed by atoms with van der Waals surface area (Å²) in [5.41, 5.74) is 1.45. The molecule has 82 valence electrons. The molecule has 4 heteroatoms. The molecule has 0 aliphatic rings. The molecule has 0 atom stereocenters. The van der Waals surface area contributed by atoms with Gasteiger partial charge in [-0.1, -0.05) is 0 Å². The molecule has 0 unspecified atom stereocenters. The summed E-state index contributed by atoms with van der Waals surface area (Å²) in [7, 11) is 1.56. The Morgan fingerprint density at radius 3 is 2.67 bits per heavy atom. The monoisotopic (exact) mass is 272 g/mol. The maximum Gasteiger partial charge on any atom is 0.338 e. The minimum Gasteiger partial charge on any atom is -0.496 e. The quantitative estimate of drug-likeness (QED) is 0.794. The van der Waals surface area contributed by atoms with Gasteiger partial charge in [-0.2, -0.15) is 0 Å². The van der Waals surface area contributed by atoms with E-state index in [1.54, 1.807) is 26.2 Å². The Labute approximate surface area is 97.5 Å². The van der Waals surface area contributed by atoms with Crippen molar-refractivity contribution in [1.29, 1.82) is 0 Å². The number of ether oxygens (including phenoxy) is 2. The van der Waals surface area contributed by atoms with Gasteiger partial charge in [-0.15, -0.1) is 0 Å². The van der Waals surface area contributed by atoms with Gasteiger partial charge in [-0.25, -0.2) is 4.79 Å². The SMILES string of the molecule is CCOC(=O)c1cc(C)c(Br)c(OC)c1. The van der Waals surface area contributed by atoms with Crippen molar-refractivity contribution in [2.75, 3.05) is 13.7 Å². The van der Waals surface area contributed by atoms with E-state index in [-0.39, 0.29) is 5.97 Å². The van der Waals surface area contributed by atoms with Gasteiger partial charge in [-0.05, 0) is 47.5 Å². The highest BCUT2D eigenvalue weighted by molar-refractivity contribution is 9.10. The third-order valence-electron chi connectivity index (χ3n) is 1.95. The van der Waals surface area contributed by atoms with E-state index in [9.17, 15) is 4.79 Å². The van der Waals surface area contributed by atoms with E-state index in [2.05, 4.69) is 15.9 Å². The number of hydrogen-bond donors (Lipinski definition) is 0. The van der Waals surface area contributed by atoms with E-state index in [4.69, 9.17) is 9.47 Å². The number of benzene rings is 1. The fraction of sp³-hybridized carbons (Fsp3) is 0.364. The van der Waals surface area contributed by atoms with Gasteiger partial charge in [0.05, 0.1) is 23.8 Å². The number of rotatable bonds is 3. The van der Waals surface area contributed by atoms with E-state index in [1.165, 1.54) is 0 Å². The van der Waals surface area contributed by atoms with Gasteiger partial charge in [0.2, 0.25) is 0 Å². The number of hydrogen-bond acceptors (Lipinski definition) is 3. The van der Waals surface area contributed by atoms with Crippen LogP contribution in [0.3, 0.4) is 0 Å². The van der Waals surface area contributed by atoms with Crippen molar-refractivity contribution < 1.29 is 14.3 Å². The van der Waals surface area contributed by atoms with Crippen LogP contribution in [0.5, 0.6) is 5.75 Å². The highest BCUT2D eigenvalue weighted by Crippen LogP contribution is 2.29. The van der Waals surface area contributed by atoms with Crippen LogP contribution < -0.4 is 4.74 Å². The molecule has 0 fully saturated rings. The zero-order valence-electron chi connectivity index (χ0n) is 8.96.